The van der Waals surface area contributed by atoms with Gasteiger partial charge in [-0.1, -0.05) is 42.5 Å². The number of nitro groups is 1. The second-order valence-electron chi connectivity index (χ2n) is 4.93. The van der Waals surface area contributed by atoms with Gasteiger partial charge in [0.2, 0.25) is 0 Å². The monoisotopic (exact) mass is 306 g/mol. The minimum atomic E-state index is -0.362. The van der Waals surface area contributed by atoms with E-state index in [0.29, 0.717) is 10.6 Å². The molecule has 3 aromatic carbocycles. The molecule has 0 amide bonds. The van der Waals surface area contributed by atoms with Crippen LogP contribution < -0.4 is 0 Å². The van der Waals surface area contributed by atoms with Gasteiger partial charge < -0.3 is 0 Å². The van der Waals surface area contributed by atoms with Crippen molar-refractivity contribution in [2.45, 2.75) is 0 Å². The van der Waals surface area contributed by atoms with Gasteiger partial charge in [0, 0.05) is 11.5 Å². The third kappa shape index (κ3) is 1.95. The smallest absolute Gasteiger partial charge is 0.258 e. The Morgan fingerprint density at radius 1 is 0.955 bits per heavy atom. The second-order valence-corrected chi connectivity index (χ2v) is 5.96. The van der Waals surface area contributed by atoms with E-state index in [-0.39, 0.29) is 10.6 Å². The molecule has 4 nitrogen and oxygen atoms in total. The molecule has 0 aliphatic rings. The van der Waals surface area contributed by atoms with Crippen molar-refractivity contribution in [3.63, 3.8) is 0 Å². The summed E-state index contributed by atoms with van der Waals surface area (Å²) in [5, 5.41) is 14.1. The molecule has 0 saturated carbocycles. The first kappa shape index (κ1) is 12.9. The van der Waals surface area contributed by atoms with Crippen molar-refractivity contribution in [3.05, 3.63) is 70.8 Å². The van der Waals surface area contributed by atoms with Crippen molar-refractivity contribution in [2.75, 3.05) is 0 Å². The summed E-state index contributed by atoms with van der Waals surface area (Å²) in [7, 11) is 0. The van der Waals surface area contributed by atoms with E-state index < -0.39 is 0 Å². The topological polar surface area (TPSA) is 56.0 Å². The number of aromatic nitrogens is 1. The summed E-state index contributed by atoms with van der Waals surface area (Å²) in [6.07, 6.45) is 0. The van der Waals surface area contributed by atoms with Crippen LogP contribution in [0.2, 0.25) is 0 Å². The van der Waals surface area contributed by atoms with E-state index >= 15 is 0 Å². The van der Waals surface area contributed by atoms with Gasteiger partial charge in [0.25, 0.3) is 5.69 Å². The molecule has 22 heavy (non-hydrogen) atoms. The number of hydrogen-bond donors (Lipinski definition) is 0. The number of thiazole rings is 1. The van der Waals surface area contributed by atoms with Gasteiger partial charge in [-0.2, -0.15) is 0 Å². The highest BCUT2D eigenvalue weighted by atomic mass is 32.1. The number of hydrogen-bond acceptors (Lipinski definition) is 4. The van der Waals surface area contributed by atoms with Gasteiger partial charge in [-0.3, -0.25) is 10.1 Å². The average molecular weight is 306 g/mol. The molecule has 0 N–H and O–H groups in total. The fourth-order valence-corrected chi connectivity index (χ4v) is 3.61. The maximum Gasteiger partial charge on any atom is 0.279 e. The molecule has 0 unspecified atom stereocenters. The van der Waals surface area contributed by atoms with Crippen molar-refractivity contribution in [1.29, 1.82) is 0 Å². The van der Waals surface area contributed by atoms with Gasteiger partial charge >= 0.3 is 0 Å². The van der Waals surface area contributed by atoms with Crippen LogP contribution in [0.15, 0.2) is 60.7 Å². The maximum absolute atomic E-state index is 11.2. The molecule has 0 fully saturated rings. The first-order valence-corrected chi connectivity index (χ1v) is 7.58. The van der Waals surface area contributed by atoms with Gasteiger partial charge in [-0.25, -0.2) is 4.98 Å². The van der Waals surface area contributed by atoms with Crippen LogP contribution in [0, 0.1) is 10.1 Å². The Kier molecular flexibility index (Phi) is 2.87. The van der Waals surface area contributed by atoms with E-state index in [0.717, 1.165) is 21.0 Å². The van der Waals surface area contributed by atoms with E-state index in [1.807, 2.05) is 30.3 Å². The van der Waals surface area contributed by atoms with Crippen LogP contribution in [0.1, 0.15) is 0 Å². The molecule has 5 heteroatoms. The normalized spacial score (nSPS) is 11.1. The Balaban J connectivity index is 2.01. The minimum Gasteiger partial charge on any atom is -0.258 e. The largest absolute Gasteiger partial charge is 0.279 e. The summed E-state index contributed by atoms with van der Waals surface area (Å²) >= 11 is 1.48. The van der Waals surface area contributed by atoms with Gasteiger partial charge in [0.15, 0.2) is 0 Å². The Morgan fingerprint density at radius 3 is 2.59 bits per heavy atom. The predicted octanol–water partition coefficient (Wildman–Crippen LogP) is 5.02. The Labute approximate surface area is 129 Å². The lowest BCUT2D eigenvalue weighted by Gasteiger charge is -1.98. The predicted molar refractivity (Wildman–Crippen MR) is 89.2 cm³/mol. The van der Waals surface area contributed by atoms with Crippen LogP contribution in [0.4, 0.5) is 5.69 Å². The van der Waals surface area contributed by atoms with Crippen LogP contribution in [-0.2, 0) is 0 Å². The first-order valence-electron chi connectivity index (χ1n) is 6.76. The van der Waals surface area contributed by atoms with E-state index in [9.17, 15) is 10.1 Å². The summed E-state index contributed by atoms with van der Waals surface area (Å²) in [6.45, 7) is 0. The molecule has 4 aromatic rings. The van der Waals surface area contributed by atoms with Gasteiger partial charge in [0.05, 0.1) is 20.7 Å². The fraction of sp³-hybridized carbons (Fsp3) is 0. The van der Waals surface area contributed by atoms with Crippen LogP contribution >= 0.6 is 11.3 Å². The lowest BCUT2D eigenvalue weighted by Crippen LogP contribution is -1.90. The van der Waals surface area contributed by atoms with Crippen molar-refractivity contribution >= 4 is 38.0 Å². The standard InChI is InChI=1S/C17H10N2O2S/c20-19(21)14-8-4-3-7-13(14)17-18-16-12-6-2-1-5-11(12)9-10-15(16)22-17/h1-10H. The van der Waals surface area contributed by atoms with E-state index in [4.69, 9.17) is 0 Å². The second kappa shape index (κ2) is 4.89. The zero-order valence-electron chi connectivity index (χ0n) is 11.4. The average Bonchev–Trinajstić information content (AvgIpc) is 2.99. The van der Waals surface area contributed by atoms with E-state index in [1.165, 1.54) is 17.4 Å². The lowest BCUT2D eigenvalue weighted by molar-refractivity contribution is -0.384. The highest BCUT2D eigenvalue weighted by Gasteiger charge is 2.18. The summed E-state index contributed by atoms with van der Waals surface area (Å²) < 4.78 is 1.03. The first-order chi connectivity index (χ1) is 10.7. The number of nitrogens with zero attached hydrogens (tertiary/aromatic N) is 2. The van der Waals surface area contributed by atoms with Crippen LogP contribution in [0.3, 0.4) is 0 Å². The Bertz CT molecular complexity index is 1020. The number of fused-ring (bicyclic) bond motifs is 3. The number of para-hydroxylation sites is 1. The summed E-state index contributed by atoms with van der Waals surface area (Å²) in [4.78, 5) is 15.5. The van der Waals surface area contributed by atoms with Gasteiger partial charge in [-0.05, 0) is 17.5 Å². The molecule has 0 spiro atoms. The SMILES string of the molecule is O=[N+]([O-])c1ccccc1-c1nc2c(ccc3ccccc32)s1. The quantitative estimate of drug-likeness (QED) is 0.386. The van der Waals surface area contributed by atoms with Crippen molar-refractivity contribution in [3.8, 4) is 10.6 Å². The van der Waals surface area contributed by atoms with Crippen LogP contribution in [0.5, 0.6) is 0 Å². The third-order valence-corrected chi connectivity index (χ3v) is 4.67. The number of benzene rings is 3. The molecule has 0 aliphatic heterocycles. The summed E-state index contributed by atoms with van der Waals surface area (Å²) in [5.74, 6) is 0. The Morgan fingerprint density at radius 2 is 1.73 bits per heavy atom. The highest BCUT2D eigenvalue weighted by Crippen LogP contribution is 2.37. The van der Waals surface area contributed by atoms with Crippen molar-refractivity contribution < 1.29 is 4.92 Å². The molecule has 0 saturated heterocycles. The minimum absolute atomic E-state index is 0.0888. The summed E-state index contributed by atoms with van der Waals surface area (Å²) in [5.41, 5.74) is 1.56. The zero-order chi connectivity index (χ0) is 15.1. The molecule has 0 atom stereocenters. The number of rotatable bonds is 2. The Hall–Kier alpha value is -2.79. The molecule has 0 bridgehead atoms. The maximum atomic E-state index is 11.2. The molecule has 0 radical (unpaired) electrons. The molecule has 106 valence electrons. The molecular formula is C17H10N2O2S. The third-order valence-electron chi connectivity index (χ3n) is 3.61. The van der Waals surface area contributed by atoms with E-state index in [1.54, 1.807) is 18.2 Å². The molecule has 0 aliphatic carbocycles. The molecular weight excluding hydrogens is 296 g/mol. The van der Waals surface area contributed by atoms with Crippen molar-refractivity contribution in [2.24, 2.45) is 0 Å². The van der Waals surface area contributed by atoms with Crippen LogP contribution in [0.25, 0.3) is 31.6 Å². The lowest BCUT2D eigenvalue weighted by atomic mass is 10.1. The number of nitro benzene ring substituents is 1. The molecule has 4 rings (SSSR count). The summed E-state index contributed by atoms with van der Waals surface area (Å²) in [6, 6.07) is 18.8. The zero-order valence-corrected chi connectivity index (χ0v) is 12.2. The van der Waals surface area contributed by atoms with Gasteiger partial charge in [-0.15, -0.1) is 11.3 Å². The molecule has 1 aromatic heterocycles. The highest BCUT2D eigenvalue weighted by molar-refractivity contribution is 7.21. The van der Waals surface area contributed by atoms with Crippen LogP contribution in [-0.4, -0.2) is 9.91 Å². The van der Waals surface area contributed by atoms with Crippen molar-refractivity contribution in [1.82, 2.24) is 4.98 Å². The van der Waals surface area contributed by atoms with E-state index in [2.05, 4.69) is 11.1 Å². The fourth-order valence-electron chi connectivity index (χ4n) is 2.59. The molecule has 1 heterocycles. The van der Waals surface area contributed by atoms with Gasteiger partial charge in [0.1, 0.15) is 5.01 Å².